The number of fused-ring (bicyclic) bond motifs is 4. The second-order valence-electron chi connectivity index (χ2n) is 20.2. The Bertz CT molecular complexity index is 2660. The third-order valence-electron chi connectivity index (χ3n) is 13.4. The van der Waals surface area contributed by atoms with Crippen LogP contribution in [0.2, 0.25) is 0 Å². The first-order chi connectivity index (χ1) is 30.5. The van der Waals surface area contributed by atoms with Crippen molar-refractivity contribution in [2.24, 2.45) is 10.9 Å². The normalized spacial score (nSPS) is 23.5. The number of amides is 2. The van der Waals surface area contributed by atoms with Crippen molar-refractivity contribution in [3.8, 4) is 17.2 Å². The van der Waals surface area contributed by atoms with Gasteiger partial charge in [-0.2, -0.15) is 0 Å². The molecule has 1 spiro atoms. The van der Waals surface area contributed by atoms with Crippen LogP contribution >= 0.6 is 0 Å². The molecular formula is C51H57N5O8. The van der Waals surface area contributed by atoms with E-state index in [2.05, 4.69) is 15.2 Å². The van der Waals surface area contributed by atoms with Gasteiger partial charge in [-0.25, -0.2) is 19.5 Å². The molecule has 5 aliphatic rings. The smallest absolute Gasteiger partial charge is 0.417 e. The average molecular weight is 868 g/mol. The standard InChI is InChI=1S/C51H57N5O8/c1-48(2,3)63-46(58)54-45(56(47(59)64-49(4,5)6)28-31-14-18-35(19-15-31)61-29-32-10-8-7-9-11-32)52-34-17-20-38-36(25-34)37-26-51(60)40-24-33-16-21-39(57)43-41(33)50(51,44(62-43)42(37)53-38)22-23-55(40)27-30-12-13-30/h7-11,14-21,25,30,40,44,53,57,60H,12-13,22-24,26-29H2,1-6H3,(H,52,54,58)/t40-,44-,50-,51+/m0/s1. The minimum Gasteiger partial charge on any atom is -0.504 e. The van der Waals surface area contributed by atoms with E-state index in [9.17, 15) is 19.8 Å². The Balaban J connectivity index is 1.03. The third-order valence-corrected chi connectivity index (χ3v) is 13.4. The van der Waals surface area contributed by atoms with Gasteiger partial charge < -0.3 is 34.1 Å². The highest BCUT2D eigenvalue weighted by atomic mass is 16.6. The van der Waals surface area contributed by atoms with Crippen LogP contribution in [0, 0.1) is 5.92 Å². The maximum absolute atomic E-state index is 14.2. The van der Waals surface area contributed by atoms with Gasteiger partial charge in [0.2, 0.25) is 5.96 Å². The lowest BCUT2D eigenvalue weighted by molar-refractivity contribution is -0.173. The molecule has 0 unspecified atom stereocenters. The molecule has 4 aromatic carbocycles. The maximum Gasteiger partial charge on any atom is 0.417 e. The predicted octanol–water partition coefficient (Wildman–Crippen LogP) is 9.10. The number of piperidine rings is 1. The topological polar surface area (TPSA) is 158 Å². The average Bonchev–Trinajstić information content (AvgIpc) is 3.88. The van der Waals surface area contributed by atoms with E-state index in [0.717, 1.165) is 57.5 Å². The van der Waals surface area contributed by atoms with Gasteiger partial charge in [0.05, 0.1) is 28.9 Å². The zero-order chi connectivity index (χ0) is 44.8. The van der Waals surface area contributed by atoms with Crippen molar-refractivity contribution < 1.29 is 38.7 Å². The van der Waals surface area contributed by atoms with Crippen molar-refractivity contribution in [1.29, 1.82) is 0 Å². The Morgan fingerprint density at radius 1 is 0.953 bits per heavy atom. The van der Waals surface area contributed by atoms with E-state index in [0.29, 0.717) is 49.0 Å². The maximum atomic E-state index is 14.2. The number of rotatable bonds is 8. The molecule has 64 heavy (non-hydrogen) atoms. The van der Waals surface area contributed by atoms with Gasteiger partial charge in [-0.05, 0) is 138 Å². The number of carbonyl (C=O) groups excluding carboxylic acids is 2. The van der Waals surface area contributed by atoms with Gasteiger partial charge in [0.1, 0.15) is 23.6 Å². The fourth-order valence-electron chi connectivity index (χ4n) is 10.5. The van der Waals surface area contributed by atoms with Crippen molar-refractivity contribution in [3.05, 3.63) is 118 Å². The molecule has 4 atom stereocenters. The highest BCUT2D eigenvalue weighted by molar-refractivity contribution is 6.03. The molecule has 13 heteroatoms. The number of benzene rings is 4. The number of guanidine groups is 1. The first kappa shape index (κ1) is 41.9. The number of carbonyl (C=O) groups is 2. The Labute approximate surface area is 373 Å². The summed E-state index contributed by atoms with van der Waals surface area (Å²) in [6.45, 7) is 12.8. The minimum absolute atomic E-state index is 0.00736. The fraction of sp³-hybridized carbons (Fsp3) is 0.431. The van der Waals surface area contributed by atoms with E-state index in [1.807, 2.05) is 78.9 Å². The monoisotopic (exact) mass is 867 g/mol. The summed E-state index contributed by atoms with van der Waals surface area (Å²) in [4.78, 5) is 40.2. The van der Waals surface area contributed by atoms with Crippen LogP contribution in [0.5, 0.6) is 17.2 Å². The van der Waals surface area contributed by atoms with Crippen molar-refractivity contribution >= 4 is 34.7 Å². The lowest BCUT2D eigenvalue weighted by Gasteiger charge is -2.62. The molecule has 334 valence electrons. The van der Waals surface area contributed by atoms with Gasteiger partial charge in [0.25, 0.3) is 0 Å². The lowest BCUT2D eigenvalue weighted by atomic mass is 9.49. The number of aromatic hydroxyl groups is 1. The highest BCUT2D eigenvalue weighted by Crippen LogP contribution is 2.69. The molecule has 0 radical (unpaired) electrons. The molecule has 1 saturated carbocycles. The first-order valence-corrected chi connectivity index (χ1v) is 22.5. The fourth-order valence-corrected chi connectivity index (χ4v) is 10.5. The third kappa shape index (κ3) is 7.51. The molecule has 13 nitrogen and oxygen atoms in total. The zero-order valence-electron chi connectivity index (χ0n) is 37.4. The first-order valence-electron chi connectivity index (χ1n) is 22.5. The van der Waals surface area contributed by atoms with Crippen LogP contribution in [0.4, 0.5) is 15.3 Å². The van der Waals surface area contributed by atoms with Gasteiger partial charge in [0.15, 0.2) is 17.6 Å². The molecule has 2 fully saturated rings. The summed E-state index contributed by atoms with van der Waals surface area (Å²) < 4.78 is 24.5. The largest absolute Gasteiger partial charge is 0.504 e. The Hall–Kier alpha value is -6.05. The summed E-state index contributed by atoms with van der Waals surface area (Å²) in [5.41, 5.74) is 3.29. The van der Waals surface area contributed by atoms with E-state index in [4.69, 9.17) is 23.9 Å². The molecule has 10 rings (SSSR count). The lowest BCUT2D eigenvalue weighted by Crippen LogP contribution is -2.74. The number of nitrogens with zero attached hydrogens (tertiary/aromatic N) is 3. The van der Waals surface area contributed by atoms with E-state index in [1.165, 1.54) is 17.7 Å². The van der Waals surface area contributed by atoms with Crippen molar-refractivity contribution in [3.63, 3.8) is 0 Å². The number of aromatic nitrogens is 1. The van der Waals surface area contributed by atoms with Crippen molar-refractivity contribution in [2.75, 3.05) is 13.1 Å². The quantitative estimate of drug-likeness (QED) is 0.0882. The number of phenolic OH excluding ortho intramolecular Hbond substituents is 1. The summed E-state index contributed by atoms with van der Waals surface area (Å²) in [6, 6.07) is 26.5. The molecule has 2 bridgehead atoms. The van der Waals surface area contributed by atoms with E-state index >= 15 is 0 Å². The van der Waals surface area contributed by atoms with Crippen LogP contribution in [0.25, 0.3) is 10.9 Å². The summed E-state index contributed by atoms with van der Waals surface area (Å²) in [6.07, 6.45) is 2.11. The Morgan fingerprint density at radius 3 is 2.42 bits per heavy atom. The second-order valence-corrected chi connectivity index (χ2v) is 20.2. The van der Waals surface area contributed by atoms with E-state index in [1.54, 1.807) is 47.6 Å². The molecule has 2 aliphatic heterocycles. The number of likely N-dealkylation sites (tertiary alicyclic amines) is 1. The molecule has 4 N–H and O–H groups in total. The number of ether oxygens (including phenoxy) is 4. The minimum atomic E-state index is -1.18. The molecule has 3 aliphatic carbocycles. The number of hydrogen-bond donors (Lipinski definition) is 4. The molecule has 5 aromatic rings. The van der Waals surface area contributed by atoms with Gasteiger partial charge in [-0.15, -0.1) is 0 Å². The number of aliphatic hydroxyl groups is 1. The summed E-state index contributed by atoms with van der Waals surface area (Å²) in [7, 11) is 0. The summed E-state index contributed by atoms with van der Waals surface area (Å²) in [5.74, 6) is 1.78. The van der Waals surface area contributed by atoms with Crippen LogP contribution < -0.4 is 14.8 Å². The van der Waals surface area contributed by atoms with Gasteiger partial charge >= 0.3 is 12.2 Å². The van der Waals surface area contributed by atoms with E-state index < -0.39 is 40.5 Å². The summed E-state index contributed by atoms with van der Waals surface area (Å²) in [5, 5.41) is 28.2. The Kier molecular flexibility index (Phi) is 10.0. The highest BCUT2D eigenvalue weighted by Gasteiger charge is 2.73. The zero-order valence-corrected chi connectivity index (χ0v) is 37.4. The van der Waals surface area contributed by atoms with Crippen molar-refractivity contribution in [2.45, 2.75) is 121 Å². The molecule has 2 amide bonds. The number of hydrogen-bond acceptors (Lipinski definition) is 10. The van der Waals surface area contributed by atoms with Crippen LogP contribution in [0.15, 0.2) is 89.9 Å². The molecule has 1 saturated heterocycles. The van der Waals surface area contributed by atoms with Crippen LogP contribution in [-0.4, -0.2) is 79.1 Å². The number of alkyl carbamates (subject to hydrolysis) is 1. The predicted molar refractivity (Wildman–Crippen MR) is 242 cm³/mol. The number of phenols is 1. The van der Waals surface area contributed by atoms with Gasteiger partial charge in [0, 0.05) is 35.5 Å². The van der Waals surface area contributed by atoms with E-state index in [-0.39, 0.29) is 24.3 Å². The van der Waals surface area contributed by atoms with Crippen LogP contribution in [-0.2, 0) is 40.9 Å². The number of aromatic amines is 1. The van der Waals surface area contributed by atoms with Crippen LogP contribution in [0.3, 0.4) is 0 Å². The summed E-state index contributed by atoms with van der Waals surface area (Å²) >= 11 is 0. The van der Waals surface area contributed by atoms with Gasteiger partial charge in [-0.1, -0.05) is 48.5 Å². The second kappa shape index (κ2) is 15.3. The Morgan fingerprint density at radius 2 is 1.70 bits per heavy atom. The van der Waals surface area contributed by atoms with Crippen molar-refractivity contribution in [1.82, 2.24) is 20.1 Å². The molecule has 1 aromatic heterocycles. The van der Waals surface area contributed by atoms with Crippen LogP contribution in [0.1, 0.15) is 100 Å². The number of nitrogens with one attached hydrogen (secondary N) is 2. The molecule has 3 heterocycles. The molecular weight excluding hydrogens is 811 g/mol. The number of H-pyrrole nitrogens is 1. The SMILES string of the molecule is CC(C)(C)OC(=O)NC(=Nc1ccc2[nH]c3c(c2c1)C[C@@]1(O)[C@@H]2Cc4ccc(O)c5c4[C@@]1(CCN2CC1CC1)[C@H]3O5)N(Cc1ccc(OCc2ccccc2)cc1)C(=O)OC(C)(C)C. The van der Waals surface area contributed by atoms with Gasteiger partial charge in [-0.3, -0.25) is 10.2 Å². The number of aliphatic imine (C=N–C) groups is 1.